The summed E-state index contributed by atoms with van der Waals surface area (Å²) in [6, 6.07) is 27.3. The van der Waals surface area contributed by atoms with Crippen molar-refractivity contribution in [3.8, 4) is 0 Å². The van der Waals surface area contributed by atoms with Crippen LogP contribution in [-0.4, -0.2) is 30.1 Å². The van der Waals surface area contributed by atoms with Crippen molar-refractivity contribution in [1.29, 1.82) is 0 Å². The van der Waals surface area contributed by atoms with Crippen molar-refractivity contribution >= 4 is 10.9 Å². The molecule has 0 aliphatic rings. The van der Waals surface area contributed by atoms with Gasteiger partial charge in [0.2, 0.25) is 0 Å². The fourth-order valence-electron chi connectivity index (χ4n) is 5.14. The first-order valence-corrected chi connectivity index (χ1v) is 13.5. The van der Waals surface area contributed by atoms with Gasteiger partial charge >= 0.3 is 0 Å². The lowest BCUT2D eigenvalue weighted by molar-refractivity contribution is 0.179. The summed E-state index contributed by atoms with van der Waals surface area (Å²) in [5.74, 6) is 0.913. The van der Waals surface area contributed by atoms with E-state index in [9.17, 15) is 9.18 Å². The van der Waals surface area contributed by atoms with Crippen molar-refractivity contribution in [2.75, 3.05) is 0 Å². The van der Waals surface area contributed by atoms with E-state index < -0.39 is 6.04 Å². The molecule has 0 spiro atoms. The minimum atomic E-state index is -0.651. The number of nitrogens with one attached hydrogen (secondary N) is 1. The summed E-state index contributed by atoms with van der Waals surface area (Å²) in [4.78, 5) is 18.9. The quantitative estimate of drug-likeness (QED) is 0.238. The minimum absolute atomic E-state index is 0.232. The number of tetrazole rings is 1. The monoisotopic (exact) mass is 548 g/mol. The average molecular weight is 549 g/mol. The second-order valence-corrected chi connectivity index (χ2v) is 10.0. The van der Waals surface area contributed by atoms with Crippen LogP contribution in [0.4, 0.5) is 4.39 Å². The first kappa shape index (κ1) is 26.3. The Balaban J connectivity index is 1.52. The van der Waals surface area contributed by atoms with E-state index in [0.717, 1.165) is 28.5 Å². The van der Waals surface area contributed by atoms with Crippen molar-refractivity contribution < 1.29 is 8.81 Å². The third-order valence-corrected chi connectivity index (χ3v) is 7.22. The van der Waals surface area contributed by atoms with Gasteiger partial charge in [0, 0.05) is 17.6 Å². The molecule has 0 aliphatic heterocycles. The summed E-state index contributed by atoms with van der Waals surface area (Å²) in [5.41, 5.74) is 4.09. The minimum Gasteiger partial charge on any atom is -0.468 e. The highest BCUT2D eigenvalue weighted by Gasteiger charge is 2.31. The highest BCUT2D eigenvalue weighted by molar-refractivity contribution is 5.80. The van der Waals surface area contributed by atoms with Crippen molar-refractivity contribution in [3.63, 3.8) is 0 Å². The van der Waals surface area contributed by atoms with Crippen LogP contribution in [0.5, 0.6) is 0 Å². The molecule has 3 aromatic heterocycles. The van der Waals surface area contributed by atoms with E-state index in [-0.39, 0.29) is 11.4 Å². The van der Waals surface area contributed by atoms with Crippen LogP contribution in [0.25, 0.3) is 10.9 Å². The van der Waals surface area contributed by atoms with Crippen LogP contribution in [-0.2, 0) is 26.1 Å². The zero-order chi connectivity index (χ0) is 28.2. The predicted molar refractivity (Wildman–Crippen MR) is 154 cm³/mol. The van der Waals surface area contributed by atoms with Crippen LogP contribution >= 0.6 is 0 Å². The number of hydrogen-bond acceptors (Lipinski definition) is 6. The fraction of sp³-hybridized carbons (Fsp3) is 0.188. The van der Waals surface area contributed by atoms with Gasteiger partial charge in [-0.2, -0.15) is 0 Å². The van der Waals surface area contributed by atoms with Crippen LogP contribution < -0.4 is 5.56 Å². The molecule has 3 aromatic carbocycles. The Hall–Kier alpha value is -4.89. The third-order valence-electron chi connectivity index (χ3n) is 7.22. The lowest BCUT2D eigenvalue weighted by Crippen LogP contribution is -2.34. The molecule has 1 atom stereocenters. The standard InChI is InChI=1S/C32H29FN6O2/c1-2-22-12-15-29-25(17-22)18-28(32(40)34-29)30(31-35-36-37-39(31)20-23-7-4-3-5-8-23)38(21-27-9-6-16-41-27)19-24-10-13-26(33)14-11-24/h3-18,30H,2,19-21H2,1H3,(H,34,40)/t30-/m1/s1. The molecule has 6 aromatic rings. The second kappa shape index (κ2) is 11.7. The summed E-state index contributed by atoms with van der Waals surface area (Å²) >= 11 is 0. The number of H-pyrrole nitrogens is 1. The number of aromatic amines is 1. The normalized spacial score (nSPS) is 12.3. The fourth-order valence-corrected chi connectivity index (χ4v) is 5.14. The van der Waals surface area contributed by atoms with E-state index in [0.29, 0.717) is 36.8 Å². The second-order valence-electron chi connectivity index (χ2n) is 10.0. The molecule has 9 heteroatoms. The Labute approximate surface area is 236 Å². The summed E-state index contributed by atoms with van der Waals surface area (Å²) in [6.07, 6.45) is 2.49. The first-order valence-electron chi connectivity index (χ1n) is 13.5. The van der Waals surface area contributed by atoms with E-state index in [1.165, 1.54) is 17.7 Å². The molecule has 0 radical (unpaired) electrons. The summed E-state index contributed by atoms with van der Waals surface area (Å²) in [5, 5.41) is 13.7. The summed E-state index contributed by atoms with van der Waals surface area (Å²) in [6.45, 7) is 3.27. The van der Waals surface area contributed by atoms with Gasteiger partial charge in [0.25, 0.3) is 5.56 Å². The number of halogens is 1. The molecule has 8 nitrogen and oxygen atoms in total. The highest BCUT2D eigenvalue weighted by atomic mass is 19.1. The first-order chi connectivity index (χ1) is 20.1. The van der Waals surface area contributed by atoms with Crippen molar-refractivity contribution in [1.82, 2.24) is 30.1 Å². The molecule has 3 heterocycles. The van der Waals surface area contributed by atoms with Gasteiger partial charge in [-0.15, -0.1) is 5.10 Å². The van der Waals surface area contributed by atoms with Crippen molar-refractivity contribution in [3.05, 3.63) is 147 Å². The molecule has 41 heavy (non-hydrogen) atoms. The van der Waals surface area contributed by atoms with Crippen LogP contribution in [0.15, 0.2) is 106 Å². The molecule has 6 rings (SSSR count). The van der Waals surface area contributed by atoms with Crippen LogP contribution in [0.1, 0.15) is 46.8 Å². The van der Waals surface area contributed by atoms with Gasteiger partial charge in [-0.25, -0.2) is 9.07 Å². The Morgan fingerprint density at radius 2 is 1.73 bits per heavy atom. The maximum atomic E-state index is 13.8. The van der Waals surface area contributed by atoms with Gasteiger partial charge in [-0.3, -0.25) is 9.69 Å². The smallest absolute Gasteiger partial charge is 0.253 e. The number of rotatable bonds is 10. The Morgan fingerprint density at radius 3 is 2.49 bits per heavy atom. The maximum Gasteiger partial charge on any atom is 0.253 e. The summed E-state index contributed by atoms with van der Waals surface area (Å²) in [7, 11) is 0. The van der Waals surface area contributed by atoms with Gasteiger partial charge in [0.05, 0.1) is 19.4 Å². The van der Waals surface area contributed by atoms with Crippen LogP contribution in [0.2, 0.25) is 0 Å². The number of hydrogen-bond donors (Lipinski definition) is 1. The van der Waals surface area contributed by atoms with Gasteiger partial charge in [0.1, 0.15) is 17.6 Å². The number of aromatic nitrogens is 5. The molecular weight excluding hydrogens is 519 g/mol. The lowest BCUT2D eigenvalue weighted by atomic mass is 10.0. The molecule has 0 unspecified atom stereocenters. The number of benzene rings is 3. The predicted octanol–water partition coefficient (Wildman–Crippen LogP) is 5.65. The summed E-state index contributed by atoms with van der Waals surface area (Å²) < 4.78 is 21.3. The van der Waals surface area contributed by atoms with E-state index >= 15 is 0 Å². The van der Waals surface area contributed by atoms with E-state index in [4.69, 9.17) is 4.42 Å². The van der Waals surface area contributed by atoms with E-state index in [1.54, 1.807) is 23.1 Å². The molecule has 0 fully saturated rings. The number of pyridine rings is 1. The van der Waals surface area contributed by atoms with Gasteiger partial charge in [-0.05, 0) is 81.4 Å². The molecule has 0 bridgehead atoms. The number of fused-ring (bicyclic) bond motifs is 1. The molecule has 206 valence electrons. The molecule has 0 aliphatic carbocycles. The van der Waals surface area contributed by atoms with Crippen molar-refractivity contribution in [2.24, 2.45) is 0 Å². The number of furan rings is 1. The van der Waals surface area contributed by atoms with Crippen LogP contribution in [0, 0.1) is 5.82 Å². The SMILES string of the molecule is CCc1ccc2[nH]c(=O)c([C@H](c3nnnn3Cc3ccccc3)N(Cc3ccc(F)cc3)Cc3ccco3)cc2c1. The van der Waals surface area contributed by atoms with Crippen LogP contribution in [0.3, 0.4) is 0 Å². The van der Waals surface area contributed by atoms with Gasteiger partial charge in [-0.1, -0.05) is 55.5 Å². The zero-order valence-corrected chi connectivity index (χ0v) is 22.6. The third kappa shape index (κ3) is 5.85. The average Bonchev–Trinajstić information content (AvgIpc) is 3.67. The number of nitrogens with zero attached hydrogens (tertiary/aromatic N) is 5. The van der Waals surface area contributed by atoms with Gasteiger partial charge < -0.3 is 9.40 Å². The molecule has 0 saturated carbocycles. The Morgan fingerprint density at radius 1 is 0.927 bits per heavy atom. The zero-order valence-electron chi connectivity index (χ0n) is 22.6. The van der Waals surface area contributed by atoms with E-state index in [2.05, 4.69) is 38.4 Å². The molecule has 1 N–H and O–H groups in total. The lowest BCUT2D eigenvalue weighted by Gasteiger charge is -2.30. The largest absolute Gasteiger partial charge is 0.468 e. The molecule has 0 saturated heterocycles. The van der Waals surface area contributed by atoms with Crippen molar-refractivity contribution in [2.45, 2.75) is 39.0 Å². The maximum absolute atomic E-state index is 13.8. The molecule has 0 amide bonds. The van der Waals surface area contributed by atoms with Gasteiger partial charge in [0.15, 0.2) is 5.82 Å². The Kier molecular flexibility index (Phi) is 7.51. The molecular formula is C32H29FN6O2. The number of aryl methyl sites for hydroxylation is 1. The highest BCUT2D eigenvalue weighted by Crippen LogP contribution is 2.31. The van der Waals surface area contributed by atoms with E-state index in [1.807, 2.05) is 60.7 Å². The topological polar surface area (TPSA) is 92.8 Å². The Bertz CT molecular complexity index is 1800.